The van der Waals surface area contributed by atoms with Crippen molar-refractivity contribution in [1.82, 2.24) is 9.30 Å². The number of rotatable bonds is 22. The number of nitrogens with one attached hydrogen (secondary N) is 1. The largest absolute Gasteiger partial charge is 0.744 e. The second kappa shape index (κ2) is 23.0. The lowest BCUT2D eigenvalue weighted by atomic mass is 9.93. The van der Waals surface area contributed by atoms with Gasteiger partial charge in [-0.1, -0.05) is 24.3 Å². The van der Waals surface area contributed by atoms with E-state index >= 15 is 0 Å². The molecular formula is C54H59FN4O10S2. The summed E-state index contributed by atoms with van der Waals surface area (Å²) in [6.07, 6.45) is 1.47. The van der Waals surface area contributed by atoms with E-state index in [4.69, 9.17) is 18.6 Å². The minimum absolute atomic E-state index is 0.00147. The molecule has 0 saturated heterocycles. The molecule has 1 aliphatic carbocycles. The van der Waals surface area contributed by atoms with Crippen molar-refractivity contribution in [3.05, 3.63) is 138 Å². The number of benzene rings is 6. The van der Waals surface area contributed by atoms with Crippen LogP contribution in [0.4, 0.5) is 15.8 Å². The number of anilines is 2. The van der Waals surface area contributed by atoms with Gasteiger partial charge in [0.05, 0.1) is 41.8 Å². The number of fused-ring (bicyclic) bond motifs is 2. The van der Waals surface area contributed by atoms with Crippen molar-refractivity contribution in [3.8, 4) is 45.4 Å². The van der Waals surface area contributed by atoms with Gasteiger partial charge in [0, 0.05) is 78.1 Å². The topological polar surface area (TPSA) is 171 Å². The summed E-state index contributed by atoms with van der Waals surface area (Å²) in [5, 5.41) is 1.46. The molecule has 17 heteroatoms. The summed E-state index contributed by atoms with van der Waals surface area (Å²) in [6, 6.07) is 33.0. The van der Waals surface area contributed by atoms with Crippen LogP contribution in [0, 0.1) is 5.82 Å². The average Bonchev–Trinajstić information content (AvgIpc) is 3.35. The smallest absolute Gasteiger partial charge is 0.240 e. The van der Waals surface area contributed by atoms with Gasteiger partial charge in [-0.15, -0.1) is 0 Å². The van der Waals surface area contributed by atoms with Crippen LogP contribution in [0.15, 0.2) is 136 Å². The lowest BCUT2D eigenvalue weighted by Crippen LogP contribution is -2.29. The molecule has 1 heterocycles. The number of sulfonamides is 1. The zero-order chi connectivity index (χ0) is 50.9. The van der Waals surface area contributed by atoms with E-state index in [-0.39, 0.29) is 47.5 Å². The molecule has 71 heavy (non-hydrogen) atoms. The van der Waals surface area contributed by atoms with E-state index in [0.717, 1.165) is 43.3 Å². The van der Waals surface area contributed by atoms with Gasteiger partial charge in [0.1, 0.15) is 57.6 Å². The van der Waals surface area contributed by atoms with Gasteiger partial charge in [-0.05, 0) is 120 Å². The fourth-order valence-electron chi connectivity index (χ4n) is 8.57. The van der Waals surface area contributed by atoms with Crippen molar-refractivity contribution in [3.63, 3.8) is 0 Å². The molecule has 0 spiro atoms. The Morgan fingerprint density at radius 2 is 1.51 bits per heavy atom. The molecule has 0 fully saturated rings. The molecule has 0 aromatic heterocycles. The number of carbonyl (C=O) groups is 1. The summed E-state index contributed by atoms with van der Waals surface area (Å²) in [6.45, 7) is 12.8. The molecule has 2 aliphatic rings. The van der Waals surface area contributed by atoms with Crippen LogP contribution in [0.3, 0.4) is 0 Å². The Bertz CT molecular complexity index is 3280. The maximum absolute atomic E-state index is 14.7. The van der Waals surface area contributed by atoms with Crippen LogP contribution in [0.5, 0.6) is 23.0 Å². The Kier molecular flexibility index (Phi) is 16.8. The molecule has 7 rings (SSSR count). The summed E-state index contributed by atoms with van der Waals surface area (Å²) < 4.78 is 110. The van der Waals surface area contributed by atoms with Gasteiger partial charge in [0.2, 0.25) is 21.3 Å². The number of amides is 1. The van der Waals surface area contributed by atoms with Gasteiger partial charge in [-0.3, -0.25) is 4.79 Å². The Balaban J connectivity index is 1.06. The van der Waals surface area contributed by atoms with Crippen LogP contribution in [-0.2, 0) is 31.5 Å². The number of nitrogens with zero attached hydrogens (tertiary/aromatic N) is 3. The molecule has 1 amide bonds. The molecule has 1 N–H and O–H groups in total. The highest BCUT2D eigenvalue weighted by Gasteiger charge is 2.26. The first-order chi connectivity index (χ1) is 34.1. The Morgan fingerprint density at radius 3 is 2.20 bits per heavy atom. The Labute approximate surface area is 415 Å². The highest BCUT2D eigenvalue weighted by molar-refractivity contribution is 7.89. The van der Waals surface area contributed by atoms with Crippen LogP contribution in [-0.4, -0.2) is 73.7 Å². The maximum atomic E-state index is 14.7. The summed E-state index contributed by atoms with van der Waals surface area (Å²) in [7, 11) is -7.97. The lowest BCUT2D eigenvalue weighted by Gasteiger charge is -2.25. The number of hydrogen-bond acceptors (Lipinski definition) is 11. The highest BCUT2D eigenvalue weighted by atomic mass is 32.2. The molecule has 0 saturated carbocycles. The van der Waals surface area contributed by atoms with Gasteiger partial charge in [0.25, 0.3) is 0 Å². The molecular weight excluding hydrogens is 948 g/mol. The number of unbranched alkanes of at least 4 members (excludes halogenated alkanes) is 2. The zero-order valence-corrected chi connectivity index (χ0v) is 42.4. The van der Waals surface area contributed by atoms with E-state index in [1.165, 1.54) is 49.3 Å². The van der Waals surface area contributed by atoms with E-state index in [9.17, 15) is 30.6 Å². The average molecular weight is 1010 g/mol. The second-order valence-electron chi connectivity index (χ2n) is 16.7. The van der Waals surface area contributed by atoms with E-state index in [1.54, 1.807) is 42.5 Å². The quantitative estimate of drug-likeness (QED) is 0.0297. The van der Waals surface area contributed by atoms with Crippen LogP contribution in [0.2, 0.25) is 0 Å². The molecule has 0 bridgehead atoms. The Hall–Kier alpha value is -6.79. The lowest BCUT2D eigenvalue weighted by molar-refractivity contribution is -0.116. The number of halogens is 1. The van der Waals surface area contributed by atoms with Crippen LogP contribution in [0.25, 0.3) is 33.4 Å². The molecule has 1 aliphatic heterocycles. The molecule has 0 radical (unpaired) electrons. The fourth-order valence-corrected chi connectivity index (χ4v) is 10.5. The van der Waals surface area contributed by atoms with Crippen LogP contribution in [0.1, 0.15) is 59.4 Å². The summed E-state index contributed by atoms with van der Waals surface area (Å²) in [5.41, 5.74) is 3.23. The van der Waals surface area contributed by atoms with Crippen molar-refractivity contribution in [2.24, 2.45) is 0 Å². The van der Waals surface area contributed by atoms with Crippen molar-refractivity contribution in [1.29, 1.82) is 0 Å². The summed E-state index contributed by atoms with van der Waals surface area (Å²) in [5.74, 6) is 1.33. The molecule has 0 unspecified atom stereocenters. The van der Waals surface area contributed by atoms with E-state index in [1.807, 2.05) is 70.2 Å². The maximum Gasteiger partial charge on any atom is 0.240 e. The first-order valence-electron chi connectivity index (χ1n) is 23.6. The van der Waals surface area contributed by atoms with Crippen LogP contribution < -0.4 is 38.7 Å². The number of methoxy groups -OCH3 is 1. The summed E-state index contributed by atoms with van der Waals surface area (Å²) in [4.78, 5) is 15.6. The van der Waals surface area contributed by atoms with E-state index in [2.05, 4.69) is 14.2 Å². The normalized spacial score (nSPS) is 11.7. The highest BCUT2D eigenvalue weighted by Crippen LogP contribution is 2.44. The van der Waals surface area contributed by atoms with Crippen molar-refractivity contribution >= 4 is 48.4 Å². The van der Waals surface area contributed by atoms with Gasteiger partial charge in [-0.25, -0.2) is 30.5 Å². The third-order valence-electron chi connectivity index (χ3n) is 12.3. The predicted octanol–water partition coefficient (Wildman–Crippen LogP) is 9.79. The van der Waals surface area contributed by atoms with Gasteiger partial charge >= 0.3 is 0 Å². The first-order valence-corrected chi connectivity index (χ1v) is 26.5. The zero-order valence-electron chi connectivity index (χ0n) is 40.7. The SMILES string of the molecule is CCN(CC)c1ccc2c(-c3ccc(S(=O)(=O)NCCCCCOc4ccc(OC)cc4CN(C(C)=O)c4cc(F)ccc4Oc4ccccc4)cc3S(=O)(=O)[O-])c3ccc(=[N+](CC)CC)cc-3oc2c1. The molecule has 0 atom stereocenters. The fraction of sp³-hybridized carbons (Fsp3) is 0.296. The third kappa shape index (κ3) is 12.2. The van der Waals surface area contributed by atoms with Crippen molar-refractivity contribution in [2.75, 3.05) is 56.2 Å². The van der Waals surface area contributed by atoms with Crippen molar-refractivity contribution in [2.45, 2.75) is 70.2 Å². The monoisotopic (exact) mass is 1010 g/mol. The first kappa shape index (κ1) is 52.0. The Morgan fingerprint density at radius 1 is 0.775 bits per heavy atom. The standard InChI is InChI=1S/C54H59FN4O10S2/c1-7-57(8-2)40-20-24-45-51(33-40)69-52-34-41(58(9-3)10-4)21-25-46(52)54(45)47-26-23-44(35-53(47)71(63,64)65)70(61,62)56-29-15-12-16-30-67-49-28-22-43(66-6)31-38(49)36-59(37(5)60)48-32-39(55)19-27-50(48)68-42-17-13-11-14-18-42/h11,13-14,17-28,31-35,56H,7-10,12,15-16,29-30,36H2,1-6H3. The van der Waals surface area contributed by atoms with Gasteiger partial charge in [-0.2, -0.15) is 0 Å². The van der Waals surface area contributed by atoms with Gasteiger partial charge < -0.3 is 33.0 Å². The van der Waals surface area contributed by atoms with E-state index in [0.29, 0.717) is 69.9 Å². The summed E-state index contributed by atoms with van der Waals surface area (Å²) >= 11 is 0. The number of carbonyl (C=O) groups excluding carboxylic acids is 1. The van der Waals surface area contributed by atoms with Crippen LogP contribution >= 0.6 is 0 Å². The number of ether oxygens (including phenoxy) is 3. The number of hydrogen-bond donors (Lipinski definition) is 1. The number of para-hydroxylation sites is 1. The minimum Gasteiger partial charge on any atom is -0.744 e. The predicted molar refractivity (Wildman–Crippen MR) is 273 cm³/mol. The van der Waals surface area contributed by atoms with Crippen molar-refractivity contribution < 1.29 is 49.2 Å². The molecule has 5 aromatic rings. The minimum atomic E-state index is -5.22. The molecule has 5 aromatic carbocycles. The molecule has 14 nitrogen and oxygen atoms in total. The van der Waals surface area contributed by atoms with E-state index < -0.39 is 30.9 Å². The second-order valence-corrected chi connectivity index (χ2v) is 19.8. The van der Waals surface area contributed by atoms with Gasteiger partial charge in [0.15, 0.2) is 5.75 Å². The molecule has 374 valence electrons. The third-order valence-corrected chi connectivity index (χ3v) is 14.6.